The molecule has 0 atom stereocenters. The molecule has 0 spiro atoms. The number of carbonyl (C=O) groups excluding carboxylic acids is 1. The lowest BCUT2D eigenvalue weighted by Crippen LogP contribution is -2.23. The van der Waals surface area contributed by atoms with E-state index in [1.807, 2.05) is 42.5 Å². The summed E-state index contributed by atoms with van der Waals surface area (Å²) in [4.78, 5) is 16.3. The van der Waals surface area contributed by atoms with Gasteiger partial charge in [-0.1, -0.05) is 32.0 Å². The maximum absolute atomic E-state index is 12.2. The van der Waals surface area contributed by atoms with Crippen LogP contribution in [0.5, 0.6) is 5.75 Å². The van der Waals surface area contributed by atoms with Crippen LogP contribution in [0.25, 0.3) is 0 Å². The van der Waals surface area contributed by atoms with Gasteiger partial charge >= 0.3 is 0 Å². The average Bonchev–Trinajstić information content (AvgIpc) is 3.14. The maximum Gasteiger partial charge on any atom is 0.272 e. The summed E-state index contributed by atoms with van der Waals surface area (Å²) in [5, 5.41) is 9.89. The fourth-order valence-corrected chi connectivity index (χ4v) is 2.65. The van der Waals surface area contributed by atoms with Gasteiger partial charge in [-0.25, -0.2) is 0 Å². The van der Waals surface area contributed by atoms with Crippen molar-refractivity contribution in [3.8, 4) is 5.75 Å². The van der Waals surface area contributed by atoms with Crippen LogP contribution in [0.3, 0.4) is 0 Å². The molecule has 0 radical (unpaired) electrons. The largest absolute Gasteiger partial charge is 0.489 e. The molecule has 1 amide bonds. The second-order valence-electron chi connectivity index (χ2n) is 6.85. The van der Waals surface area contributed by atoms with E-state index < -0.39 is 0 Å². The third kappa shape index (κ3) is 5.67. The van der Waals surface area contributed by atoms with Crippen LogP contribution in [0.4, 0.5) is 0 Å². The molecule has 2 N–H and O–H groups in total. The summed E-state index contributed by atoms with van der Waals surface area (Å²) in [6, 6.07) is 13.3. The molecule has 2 heterocycles. The van der Waals surface area contributed by atoms with E-state index >= 15 is 0 Å². The van der Waals surface area contributed by atoms with Crippen LogP contribution in [-0.2, 0) is 19.6 Å². The number of amides is 1. The molecule has 6 nitrogen and oxygen atoms in total. The first-order chi connectivity index (χ1) is 13.1. The van der Waals surface area contributed by atoms with Crippen molar-refractivity contribution in [1.29, 1.82) is 0 Å². The number of aromatic nitrogens is 3. The summed E-state index contributed by atoms with van der Waals surface area (Å²) < 4.78 is 5.73. The van der Waals surface area contributed by atoms with Crippen molar-refractivity contribution in [2.45, 2.75) is 33.4 Å². The Balaban J connectivity index is 1.48. The number of hydrogen-bond donors (Lipinski definition) is 2. The Morgan fingerprint density at radius 2 is 2.00 bits per heavy atom. The lowest BCUT2D eigenvalue weighted by atomic mass is 10.1. The minimum Gasteiger partial charge on any atom is -0.489 e. The number of nitrogens with zero attached hydrogens (tertiary/aromatic N) is 2. The summed E-state index contributed by atoms with van der Waals surface area (Å²) in [7, 11) is 0. The van der Waals surface area contributed by atoms with Gasteiger partial charge in [0, 0.05) is 30.2 Å². The van der Waals surface area contributed by atoms with Gasteiger partial charge in [-0.2, -0.15) is 5.10 Å². The van der Waals surface area contributed by atoms with Crippen molar-refractivity contribution in [3.05, 3.63) is 77.4 Å². The minimum absolute atomic E-state index is 0.182. The van der Waals surface area contributed by atoms with E-state index in [0.29, 0.717) is 24.8 Å². The van der Waals surface area contributed by atoms with Crippen molar-refractivity contribution in [2.24, 2.45) is 5.92 Å². The number of H-pyrrole nitrogens is 1. The highest BCUT2D eigenvalue weighted by Crippen LogP contribution is 2.14. The Kier molecular flexibility index (Phi) is 6.20. The van der Waals surface area contributed by atoms with Crippen LogP contribution in [0.2, 0.25) is 0 Å². The van der Waals surface area contributed by atoms with E-state index in [1.54, 1.807) is 12.4 Å². The van der Waals surface area contributed by atoms with Crippen molar-refractivity contribution in [3.63, 3.8) is 0 Å². The van der Waals surface area contributed by atoms with E-state index in [4.69, 9.17) is 4.74 Å². The van der Waals surface area contributed by atoms with Crippen LogP contribution in [-0.4, -0.2) is 21.1 Å². The molecule has 0 saturated carbocycles. The lowest BCUT2D eigenvalue weighted by molar-refractivity contribution is 0.0946. The Morgan fingerprint density at radius 3 is 2.70 bits per heavy atom. The molecule has 6 heteroatoms. The van der Waals surface area contributed by atoms with E-state index in [-0.39, 0.29) is 5.91 Å². The fourth-order valence-electron chi connectivity index (χ4n) is 2.65. The number of ether oxygens (including phenoxy) is 1. The van der Waals surface area contributed by atoms with Crippen LogP contribution in [0, 0.1) is 5.92 Å². The number of nitrogens with one attached hydrogen (secondary N) is 2. The van der Waals surface area contributed by atoms with Gasteiger partial charge in [0.1, 0.15) is 18.1 Å². The normalized spacial score (nSPS) is 10.8. The molecule has 0 unspecified atom stereocenters. The van der Waals surface area contributed by atoms with Crippen molar-refractivity contribution < 1.29 is 9.53 Å². The summed E-state index contributed by atoms with van der Waals surface area (Å²) in [6.07, 6.45) is 4.40. The molecular weight excluding hydrogens is 340 g/mol. The second-order valence-corrected chi connectivity index (χ2v) is 6.85. The Morgan fingerprint density at radius 1 is 1.19 bits per heavy atom. The smallest absolute Gasteiger partial charge is 0.272 e. The van der Waals surface area contributed by atoms with E-state index in [2.05, 4.69) is 34.3 Å². The highest BCUT2D eigenvalue weighted by atomic mass is 16.5. The van der Waals surface area contributed by atoms with Gasteiger partial charge in [0.2, 0.25) is 0 Å². The molecule has 1 aromatic carbocycles. The average molecular weight is 364 g/mol. The first-order valence-electron chi connectivity index (χ1n) is 9.03. The third-order valence-electron chi connectivity index (χ3n) is 4.00. The molecule has 3 rings (SSSR count). The Labute approximate surface area is 159 Å². The highest BCUT2D eigenvalue weighted by molar-refractivity contribution is 5.92. The van der Waals surface area contributed by atoms with Gasteiger partial charge in [-0.05, 0) is 42.2 Å². The highest BCUT2D eigenvalue weighted by Gasteiger charge is 2.11. The molecule has 27 heavy (non-hydrogen) atoms. The van der Waals surface area contributed by atoms with E-state index in [9.17, 15) is 4.79 Å². The quantitative estimate of drug-likeness (QED) is 0.641. The number of rotatable bonds is 8. The standard InChI is InChI=1S/C21H24N4O2/c1-15(2)10-18-11-20(25-24-18)21(26)23-13-16-5-7-19(8-6-16)27-14-17-4-3-9-22-12-17/h3-9,11-12,15H,10,13-14H2,1-2H3,(H,23,26)(H,24,25). The number of pyridine rings is 1. The van der Waals surface area contributed by atoms with Crippen LogP contribution < -0.4 is 10.1 Å². The van der Waals surface area contributed by atoms with Gasteiger partial charge < -0.3 is 10.1 Å². The number of carbonyl (C=O) groups is 1. The van der Waals surface area contributed by atoms with Gasteiger partial charge in [0.15, 0.2) is 0 Å². The fraction of sp³-hybridized carbons (Fsp3) is 0.286. The Hall–Kier alpha value is -3.15. The zero-order valence-electron chi connectivity index (χ0n) is 15.6. The summed E-state index contributed by atoms with van der Waals surface area (Å²) >= 11 is 0. The number of hydrogen-bond acceptors (Lipinski definition) is 4. The topological polar surface area (TPSA) is 79.9 Å². The van der Waals surface area contributed by atoms with E-state index in [1.165, 1.54) is 0 Å². The molecule has 0 aliphatic heterocycles. The van der Waals surface area contributed by atoms with Gasteiger partial charge in [0.05, 0.1) is 0 Å². The van der Waals surface area contributed by atoms with Crippen molar-refractivity contribution >= 4 is 5.91 Å². The van der Waals surface area contributed by atoms with Crippen LogP contribution in [0.15, 0.2) is 54.9 Å². The van der Waals surface area contributed by atoms with Gasteiger partial charge in [-0.3, -0.25) is 14.9 Å². The zero-order chi connectivity index (χ0) is 19.1. The lowest BCUT2D eigenvalue weighted by Gasteiger charge is -2.08. The molecule has 0 fully saturated rings. The summed E-state index contributed by atoms with van der Waals surface area (Å²) in [5.41, 5.74) is 3.41. The summed E-state index contributed by atoms with van der Waals surface area (Å²) in [5.74, 6) is 1.11. The molecular formula is C21H24N4O2. The zero-order valence-corrected chi connectivity index (χ0v) is 15.6. The van der Waals surface area contributed by atoms with Gasteiger partial charge in [-0.15, -0.1) is 0 Å². The minimum atomic E-state index is -0.182. The molecule has 0 aliphatic carbocycles. The summed E-state index contributed by atoms with van der Waals surface area (Å²) in [6.45, 7) is 5.17. The Bertz CT molecular complexity index is 857. The monoisotopic (exact) mass is 364 g/mol. The van der Waals surface area contributed by atoms with Crippen LogP contribution in [0.1, 0.15) is 41.2 Å². The molecule has 2 aromatic heterocycles. The molecule has 0 aliphatic rings. The third-order valence-corrected chi connectivity index (χ3v) is 4.00. The van der Waals surface area contributed by atoms with Gasteiger partial charge in [0.25, 0.3) is 5.91 Å². The maximum atomic E-state index is 12.2. The molecule has 0 bridgehead atoms. The molecule has 0 saturated heterocycles. The number of benzene rings is 1. The first-order valence-corrected chi connectivity index (χ1v) is 9.03. The van der Waals surface area contributed by atoms with E-state index in [0.717, 1.165) is 29.0 Å². The predicted octanol–water partition coefficient (Wildman–Crippen LogP) is 3.51. The SMILES string of the molecule is CC(C)Cc1cc(C(=O)NCc2ccc(OCc3cccnc3)cc2)n[nH]1. The molecule has 3 aromatic rings. The number of aromatic amines is 1. The molecule has 140 valence electrons. The first kappa shape index (κ1) is 18.6. The van der Waals surface area contributed by atoms with Crippen molar-refractivity contribution in [1.82, 2.24) is 20.5 Å². The van der Waals surface area contributed by atoms with Crippen molar-refractivity contribution in [2.75, 3.05) is 0 Å². The predicted molar refractivity (Wildman–Crippen MR) is 103 cm³/mol. The van der Waals surface area contributed by atoms with Crippen LogP contribution >= 0.6 is 0 Å². The second kappa shape index (κ2) is 8.98.